The van der Waals surface area contributed by atoms with E-state index in [1.54, 1.807) is 0 Å². The van der Waals surface area contributed by atoms with Gasteiger partial charge in [-0.3, -0.25) is 0 Å². The van der Waals surface area contributed by atoms with E-state index in [0.29, 0.717) is 0 Å². The highest BCUT2D eigenvalue weighted by Crippen LogP contribution is 2.20. The number of rotatable bonds is 2. The van der Waals surface area contributed by atoms with Crippen molar-refractivity contribution in [3.63, 3.8) is 0 Å². The van der Waals surface area contributed by atoms with Crippen molar-refractivity contribution in [2.45, 2.75) is 26.2 Å². The molecule has 1 fully saturated rings. The van der Waals surface area contributed by atoms with E-state index >= 15 is 0 Å². The maximum Gasteiger partial charge on any atom is 0.0652 e. The lowest BCUT2D eigenvalue weighted by atomic mass is 9.89. The second-order valence-electron chi connectivity index (χ2n) is 3.46. The van der Waals surface area contributed by atoms with E-state index in [0.717, 1.165) is 25.4 Å². The third kappa shape index (κ3) is 2.90. The Labute approximate surface area is 68.6 Å². The molecule has 0 bridgehead atoms. The van der Waals surface area contributed by atoms with Crippen LogP contribution in [0.5, 0.6) is 0 Å². The van der Waals surface area contributed by atoms with Gasteiger partial charge in [0, 0.05) is 5.92 Å². The van der Waals surface area contributed by atoms with Crippen molar-refractivity contribution >= 4 is 0 Å². The van der Waals surface area contributed by atoms with Crippen LogP contribution in [-0.4, -0.2) is 13.1 Å². The Bertz CT molecular complexity index is 142. The average molecular weight is 152 g/mol. The SMILES string of the molecule is C[C@H](C#N)CC1CCNCC1. The topological polar surface area (TPSA) is 35.8 Å². The van der Waals surface area contributed by atoms with Crippen molar-refractivity contribution in [2.24, 2.45) is 11.8 Å². The molecule has 62 valence electrons. The number of hydrogen-bond acceptors (Lipinski definition) is 2. The molecule has 0 unspecified atom stereocenters. The van der Waals surface area contributed by atoms with E-state index in [9.17, 15) is 0 Å². The summed E-state index contributed by atoms with van der Waals surface area (Å²) in [4.78, 5) is 0. The summed E-state index contributed by atoms with van der Waals surface area (Å²) in [5.74, 6) is 1.05. The lowest BCUT2D eigenvalue weighted by molar-refractivity contribution is 0.331. The van der Waals surface area contributed by atoms with Crippen molar-refractivity contribution < 1.29 is 0 Å². The molecule has 0 saturated carbocycles. The Morgan fingerprint density at radius 2 is 2.18 bits per heavy atom. The van der Waals surface area contributed by atoms with Crippen LogP contribution in [0.4, 0.5) is 0 Å². The minimum Gasteiger partial charge on any atom is -0.317 e. The molecule has 0 aromatic carbocycles. The quantitative estimate of drug-likeness (QED) is 0.651. The Balaban J connectivity index is 2.20. The molecule has 1 rings (SSSR count). The molecule has 1 aliphatic heterocycles. The molecule has 0 aromatic rings. The number of nitrogens with one attached hydrogen (secondary N) is 1. The van der Waals surface area contributed by atoms with Gasteiger partial charge < -0.3 is 5.32 Å². The van der Waals surface area contributed by atoms with Gasteiger partial charge in [0.15, 0.2) is 0 Å². The average Bonchev–Trinajstić information content (AvgIpc) is 2.06. The maximum absolute atomic E-state index is 8.60. The van der Waals surface area contributed by atoms with Gasteiger partial charge in [0.2, 0.25) is 0 Å². The molecule has 1 aliphatic rings. The third-order valence-electron chi connectivity index (χ3n) is 2.37. The summed E-state index contributed by atoms with van der Waals surface area (Å²) in [5.41, 5.74) is 0. The molecule has 1 N–H and O–H groups in total. The van der Waals surface area contributed by atoms with Crippen molar-refractivity contribution in [3.8, 4) is 6.07 Å². The van der Waals surface area contributed by atoms with Crippen LogP contribution in [0.15, 0.2) is 0 Å². The van der Waals surface area contributed by atoms with Crippen molar-refractivity contribution in [2.75, 3.05) is 13.1 Å². The van der Waals surface area contributed by atoms with Gasteiger partial charge in [-0.25, -0.2) is 0 Å². The molecule has 0 spiro atoms. The highest BCUT2D eigenvalue weighted by molar-refractivity contribution is 4.82. The molecule has 0 aliphatic carbocycles. The maximum atomic E-state index is 8.60. The minimum atomic E-state index is 0.248. The zero-order valence-corrected chi connectivity index (χ0v) is 7.14. The highest BCUT2D eigenvalue weighted by atomic mass is 14.9. The van der Waals surface area contributed by atoms with E-state index < -0.39 is 0 Å². The van der Waals surface area contributed by atoms with Crippen LogP contribution in [0.25, 0.3) is 0 Å². The predicted octanol–water partition coefficient (Wildman–Crippen LogP) is 1.54. The number of nitriles is 1. The molecule has 2 nitrogen and oxygen atoms in total. The van der Waals surface area contributed by atoms with Crippen LogP contribution in [-0.2, 0) is 0 Å². The van der Waals surface area contributed by atoms with Gasteiger partial charge in [0.25, 0.3) is 0 Å². The van der Waals surface area contributed by atoms with E-state index in [4.69, 9.17) is 5.26 Å². The van der Waals surface area contributed by atoms with Gasteiger partial charge in [0.05, 0.1) is 6.07 Å². The monoisotopic (exact) mass is 152 g/mol. The van der Waals surface area contributed by atoms with Crippen LogP contribution in [0.3, 0.4) is 0 Å². The molecule has 0 aromatic heterocycles. The first-order valence-electron chi connectivity index (χ1n) is 4.43. The fourth-order valence-electron chi connectivity index (χ4n) is 1.67. The van der Waals surface area contributed by atoms with Crippen LogP contribution < -0.4 is 5.32 Å². The summed E-state index contributed by atoms with van der Waals surface area (Å²) in [6, 6.07) is 2.29. The lowest BCUT2D eigenvalue weighted by Gasteiger charge is -2.22. The van der Waals surface area contributed by atoms with Gasteiger partial charge in [-0.1, -0.05) is 0 Å². The second kappa shape index (κ2) is 4.35. The molecular weight excluding hydrogens is 136 g/mol. The first kappa shape index (κ1) is 8.55. The first-order valence-corrected chi connectivity index (χ1v) is 4.43. The Kier molecular flexibility index (Phi) is 3.38. The zero-order chi connectivity index (χ0) is 8.10. The van der Waals surface area contributed by atoms with Gasteiger partial charge >= 0.3 is 0 Å². The Morgan fingerprint density at radius 3 is 2.73 bits per heavy atom. The van der Waals surface area contributed by atoms with E-state index in [1.165, 1.54) is 12.8 Å². The number of piperidine rings is 1. The third-order valence-corrected chi connectivity index (χ3v) is 2.37. The molecule has 2 heteroatoms. The highest BCUT2D eigenvalue weighted by Gasteiger charge is 2.15. The molecule has 1 saturated heterocycles. The summed E-state index contributed by atoms with van der Waals surface area (Å²) >= 11 is 0. The number of nitrogens with zero attached hydrogens (tertiary/aromatic N) is 1. The molecule has 11 heavy (non-hydrogen) atoms. The largest absolute Gasteiger partial charge is 0.317 e. The molecule has 1 atom stereocenters. The van der Waals surface area contributed by atoms with Gasteiger partial charge in [-0.05, 0) is 45.2 Å². The second-order valence-corrected chi connectivity index (χ2v) is 3.46. The van der Waals surface area contributed by atoms with Gasteiger partial charge in [0.1, 0.15) is 0 Å². The number of hydrogen-bond donors (Lipinski definition) is 1. The Morgan fingerprint density at radius 1 is 1.55 bits per heavy atom. The van der Waals surface area contributed by atoms with Crippen LogP contribution in [0.1, 0.15) is 26.2 Å². The lowest BCUT2D eigenvalue weighted by Crippen LogP contribution is -2.28. The van der Waals surface area contributed by atoms with Crippen molar-refractivity contribution in [3.05, 3.63) is 0 Å². The van der Waals surface area contributed by atoms with Crippen molar-refractivity contribution in [1.29, 1.82) is 5.26 Å². The standard InChI is InChI=1S/C9H16N2/c1-8(7-10)6-9-2-4-11-5-3-9/h8-9,11H,2-6H2,1H3/t8-/m0/s1. The van der Waals surface area contributed by atoms with Gasteiger partial charge in [-0.2, -0.15) is 5.26 Å². The van der Waals surface area contributed by atoms with Crippen molar-refractivity contribution in [1.82, 2.24) is 5.32 Å². The van der Waals surface area contributed by atoms with E-state index in [1.807, 2.05) is 6.92 Å². The van der Waals surface area contributed by atoms with Crippen LogP contribution in [0.2, 0.25) is 0 Å². The molecule has 1 heterocycles. The summed E-state index contributed by atoms with van der Waals surface area (Å²) < 4.78 is 0. The molecule has 0 radical (unpaired) electrons. The van der Waals surface area contributed by atoms with E-state index in [-0.39, 0.29) is 5.92 Å². The summed E-state index contributed by atoms with van der Waals surface area (Å²) in [7, 11) is 0. The molecule has 0 amide bonds. The molecular formula is C9H16N2. The summed E-state index contributed by atoms with van der Waals surface area (Å²) in [6.07, 6.45) is 3.61. The zero-order valence-electron chi connectivity index (χ0n) is 7.14. The minimum absolute atomic E-state index is 0.248. The smallest absolute Gasteiger partial charge is 0.0652 e. The summed E-state index contributed by atoms with van der Waals surface area (Å²) in [5, 5.41) is 11.9. The van der Waals surface area contributed by atoms with Gasteiger partial charge in [-0.15, -0.1) is 0 Å². The van der Waals surface area contributed by atoms with E-state index in [2.05, 4.69) is 11.4 Å². The predicted molar refractivity (Wildman–Crippen MR) is 45.0 cm³/mol. The normalized spacial score (nSPS) is 22.5. The fraction of sp³-hybridized carbons (Fsp3) is 0.889. The van der Waals surface area contributed by atoms with Crippen LogP contribution in [0, 0.1) is 23.2 Å². The van der Waals surface area contributed by atoms with Crippen LogP contribution >= 0.6 is 0 Å². The first-order chi connectivity index (χ1) is 5.33. The fourth-order valence-corrected chi connectivity index (χ4v) is 1.67. The Hall–Kier alpha value is -0.550. The summed E-state index contributed by atoms with van der Waals surface area (Å²) in [6.45, 7) is 4.30.